The van der Waals surface area contributed by atoms with Crippen molar-refractivity contribution in [3.8, 4) is 5.75 Å². The Kier molecular flexibility index (Phi) is 5.92. The monoisotopic (exact) mass is 317 g/mol. The highest BCUT2D eigenvalue weighted by Gasteiger charge is 2.24. The van der Waals surface area contributed by atoms with Gasteiger partial charge in [-0.3, -0.25) is 9.80 Å². The summed E-state index contributed by atoms with van der Waals surface area (Å²) in [5.74, 6) is 1.01. The molecule has 4 nitrogen and oxygen atoms in total. The molecule has 0 bridgehead atoms. The summed E-state index contributed by atoms with van der Waals surface area (Å²) in [5, 5.41) is 0. The molecular weight excluding hydrogens is 286 g/mol. The number of hydrogen-bond donors (Lipinski definition) is 0. The van der Waals surface area contributed by atoms with Gasteiger partial charge in [-0.25, -0.2) is 0 Å². The van der Waals surface area contributed by atoms with Crippen molar-refractivity contribution in [3.05, 3.63) is 29.8 Å². The van der Waals surface area contributed by atoms with Crippen molar-refractivity contribution < 1.29 is 4.74 Å². The van der Waals surface area contributed by atoms with Crippen molar-refractivity contribution in [3.63, 3.8) is 0 Å². The second-order valence-corrected chi connectivity index (χ2v) is 7.02. The van der Waals surface area contributed by atoms with Gasteiger partial charge in [0, 0.05) is 50.9 Å². The van der Waals surface area contributed by atoms with Crippen LogP contribution >= 0.6 is 0 Å². The van der Waals surface area contributed by atoms with Gasteiger partial charge in [0.15, 0.2) is 0 Å². The Morgan fingerprint density at radius 1 is 1.00 bits per heavy atom. The lowest BCUT2D eigenvalue weighted by Gasteiger charge is -2.40. The number of likely N-dealkylation sites (N-methyl/N-ethyl adjacent to an activating group) is 1. The third-order valence-corrected chi connectivity index (χ3v) is 5.44. The van der Waals surface area contributed by atoms with Gasteiger partial charge in [0.25, 0.3) is 0 Å². The summed E-state index contributed by atoms with van der Waals surface area (Å²) in [6.45, 7) is 8.24. The van der Waals surface area contributed by atoms with Crippen LogP contribution in [0.2, 0.25) is 0 Å². The van der Waals surface area contributed by atoms with Crippen LogP contribution in [0.3, 0.4) is 0 Å². The SMILES string of the molecule is COc1ccccc1CN1CCN(CC2CCCCN2C)CC1. The first kappa shape index (κ1) is 16.7. The van der Waals surface area contributed by atoms with Crippen molar-refractivity contribution in [1.82, 2.24) is 14.7 Å². The lowest BCUT2D eigenvalue weighted by molar-refractivity contribution is 0.0815. The average molecular weight is 317 g/mol. The maximum absolute atomic E-state index is 5.48. The Morgan fingerprint density at radius 2 is 1.74 bits per heavy atom. The molecule has 0 saturated carbocycles. The predicted octanol–water partition coefficient (Wildman–Crippen LogP) is 2.30. The van der Waals surface area contributed by atoms with Crippen LogP contribution in [0.1, 0.15) is 24.8 Å². The summed E-state index contributed by atoms with van der Waals surface area (Å²) in [7, 11) is 4.05. The second kappa shape index (κ2) is 8.13. The van der Waals surface area contributed by atoms with Gasteiger partial charge in [-0.1, -0.05) is 24.6 Å². The predicted molar refractivity (Wildman–Crippen MR) is 95.0 cm³/mol. The molecule has 2 fully saturated rings. The van der Waals surface area contributed by atoms with E-state index in [1.807, 2.05) is 6.07 Å². The summed E-state index contributed by atoms with van der Waals surface area (Å²) in [4.78, 5) is 7.77. The molecule has 0 aliphatic carbocycles. The van der Waals surface area contributed by atoms with E-state index in [0.717, 1.165) is 31.4 Å². The molecule has 0 spiro atoms. The Bertz CT molecular complexity index is 485. The van der Waals surface area contributed by atoms with Crippen molar-refractivity contribution in [2.45, 2.75) is 31.8 Å². The molecule has 128 valence electrons. The van der Waals surface area contributed by atoms with Gasteiger partial charge < -0.3 is 9.64 Å². The molecule has 1 atom stereocenters. The van der Waals surface area contributed by atoms with Crippen molar-refractivity contribution in [2.24, 2.45) is 0 Å². The van der Waals surface area contributed by atoms with Gasteiger partial charge in [-0.2, -0.15) is 0 Å². The molecule has 0 N–H and O–H groups in total. The van der Waals surface area contributed by atoms with Gasteiger partial charge in [0.1, 0.15) is 5.75 Å². The Morgan fingerprint density at radius 3 is 2.48 bits per heavy atom. The average Bonchev–Trinajstić information content (AvgIpc) is 2.59. The van der Waals surface area contributed by atoms with Crippen LogP contribution in [-0.2, 0) is 6.54 Å². The molecule has 4 heteroatoms. The Hall–Kier alpha value is -1.10. The lowest BCUT2D eigenvalue weighted by Crippen LogP contribution is -2.51. The van der Waals surface area contributed by atoms with E-state index < -0.39 is 0 Å². The first-order valence-electron chi connectivity index (χ1n) is 9.03. The lowest BCUT2D eigenvalue weighted by atomic mass is 10.0. The van der Waals surface area contributed by atoms with Crippen LogP contribution in [0, 0.1) is 0 Å². The van der Waals surface area contributed by atoms with E-state index >= 15 is 0 Å². The van der Waals surface area contributed by atoms with Crippen LogP contribution < -0.4 is 4.74 Å². The maximum Gasteiger partial charge on any atom is 0.123 e. The van der Waals surface area contributed by atoms with E-state index in [1.165, 1.54) is 51.0 Å². The van der Waals surface area contributed by atoms with E-state index in [9.17, 15) is 0 Å². The fourth-order valence-corrected chi connectivity index (χ4v) is 3.88. The minimum Gasteiger partial charge on any atom is -0.496 e. The quantitative estimate of drug-likeness (QED) is 0.829. The number of likely N-dealkylation sites (tertiary alicyclic amines) is 1. The molecule has 0 aromatic heterocycles. The molecule has 2 aliphatic heterocycles. The summed E-state index contributed by atoms with van der Waals surface area (Å²) in [6.07, 6.45) is 4.15. The first-order valence-corrected chi connectivity index (χ1v) is 9.03. The largest absolute Gasteiger partial charge is 0.496 e. The number of hydrogen-bond acceptors (Lipinski definition) is 4. The van der Waals surface area contributed by atoms with Crippen molar-refractivity contribution >= 4 is 0 Å². The van der Waals surface area contributed by atoms with Crippen LogP contribution in [-0.4, -0.2) is 74.2 Å². The number of methoxy groups -OCH3 is 1. The van der Waals surface area contributed by atoms with E-state index in [2.05, 4.69) is 39.9 Å². The molecular formula is C19H31N3O. The molecule has 2 saturated heterocycles. The molecule has 2 aliphatic rings. The van der Waals surface area contributed by atoms with Crippen LogP contribution in [0.5, 0.6) is 5.75 Å². The fourth-order valence-electron chi connectivity index (χ4n) is 3.88. The maximum atomic E-state index is 5.48. The van der Waals surface area contributed by atoms with Gasteiger partial charge in [-0.05, 0) is 32.5 Å². The molecule has 1 aromatic rings. The normalized spacial score (nSPS) is 24.7. The minimum absolute atomic E-state index is 0.768. The highest BCUT2D eigenvalue weighted by Crippen LogP contribution is 2.21. The van der Waals surface area contributed by atoms with Crippen LogP contribution in [0.15, 0.2) is 24.3 Å². The Labute approximate surface area is 141 Å². The zero-order valence-electron chi connectivity index (χ0n) is 14.7. The van der Waals surface area contributed by atoms with Gasteiger partial charge >= 0.3 is 0 Å². The number of piperidine rings is 1. The van der Waals surface area contributed by atoms with Crippen molar-refractivity contribution in [2.75, 3.05) is 53.4 Å². The number of rotatable bonds is 5. The van der Waals surface area contributed by atoms with Crippen molar-refractivity contribution in [1.29, 1.82) is 0 Å². The number of piperazine rings is 1. The number of ether oxygens (including phenoxy) is 1. The smallest absolute Gasteiger partial charge is 0.123 e. The summed E-state index contributed by atoms with van der Waals surface area (Å²) in [5.41, 5.74) is 1.30. The topological polar surface area (TPSA) is 19.0 Å². The first-order chi connectivity index (χ1) is 11.3. The van der Waals surface area contributed by atoms with Gasteiger partial charge in [0.05, 0.1) is 7.11 Å². The third-order valence-electron chi connectivity index (χ3n) is 5.44. The molecule has 0 radical (unpaired) electrons. The number of nitrogens with zero attached hydrogens (tertiary/aromatic N) is 3. The zero-order chi connectivity index (χ0) is 16.1. The number of benzene rings is 1. The minimum atomic E-state index is 0.768. The fraction of sp³-hybridized carbons (Fsp3) is 0.684. The van der Waals surface area contributed by atoms with E-state index in [-0.39, 0.29) is 0 Å². The van der Waals surface area contributed by atoms with E-state index in [1.54, 1.807) is 7.11 Å². The molecule has 0 amide bonds. The van der Waals surface area contributed by atoms with Crippen LogP contribution in [0.25, 0.3) is 0 Å². The van der Waals surface area contributed by atoms with Gasteiger partial charge in [0.2, 0.25) is 0 Å². The highest BCUT2D eigenvalue weighted by molar-refractivity contribution is 5.33. The summed E-state index contributed by atoms with van der Waals surface area (Å²) < 4.78 is 5.48. The second-order valence-electron chi connectivity index (χ2n) is 7.02. The van der Waals surface area contributed by atoms with Crippen LogP contribution in [0.4, 0.5) is 0 Å². The van der Waals surface area contributed by atoms with Gasteiger partial charge in [-0.15, -0.1) is 0 Å². The highest BCUT2D eigenvalue weighted by atomic mass is 16.5. The third kappa shape index (κ3) is 4.46. The number of para-hydroxylation sites is 1. The summed E-state index contributed by atoms with van der Waals surface area (Å²) >= 11 is 0. The molecule has 2 heterocycles. The Balaban J connectivity index is 1.46. The standard InChI is InChI=1S/C19H31N3O/c1-20-10-6-5-8-18(20)16-22-13-11-21(12-14-22)15-17-7-3-4-9-19(17)23-2/h3-4,7,9,18H,5-6,8,10-16H2,1-2H3. The van der Waals surface area contributed by atoms with E-state index in [4.69, 9.17) is 4.74 Å². The molecule has 23 heavy (non-hydrogen) atoms. The summed E-state index contributed by atoms with van der Waals surface area (Å²) in [6, 6.07) is 9.16. The molecule has 3 rings (SSSR count). The van der Waals surface area contributed by atoms with E-state index in [0.29, 0.717) is 0 Å². The molecule has 1 aromatic carbocycles. The molecule has 1 unspecified atom stereocenters. The zero-order valence-corrected chi connectivity index (χ0v) is 14.7.